The van der Waals surface area contributed by atoms with Gasteiger partial charge in [0.1, 0.15) is 5.52 Å². The Bertz CT molecular complexity index is 1120. The quantitative estimate of drug-likeness (QED) is 0.567. The molecule has 4 aromatic rings. The number of H-pyrrole nitrogens is 2. The molecule has 0 atom stereocenters. The van der Waals surface area contributed by atoms with Gasteiger partial charge in [-0.1, -0.05) is 29.8 Å². The summed E-state index contributed by atoms with van der Waals surface area (Å²) in [5.41, 5.74) is 0.935. The zero-order valence-corrected chi connectivity index (χ0v) is 12.0. The van der Waals surface area contributed by atoms with Gasteiger partial charge in [0.2, 0.25) is 0 Å². The molecule has 0 saturated carbocycles. The summed E-state index contributed by atoms with van der Waals surface area (Å²) >= 11 is 5.87. The number of fused-ring (bicyclic) bond motifs is 3. The maximum atomic E-state index is 12.7. The van der Waals surface area contributed by atoms with E-state index in [-0.39, 0.29) is 16.6 Å². The summed E-state index contributed by atoms with van der Waals surface area (Å²) in [6.45, 7) is 0. The first-order valence-corrected chi connectivity index (χ1v) is 7.04. The Morgan fingerprint density at radius 2 is 1.68 bits per heavy atom. The van der Waals surface area contributed by atoms with Gasteiger partial charge in [0, 0.05) is 15.9 Å². The van der Waals surface area contributed by atoms with E-state index in [0.29, 0.717) is 27.0 Å². The number of aromatic nitrogens is 3. The Labute approximate surface area is 128 Å². The molecule has 0 saturated heterocycles. The number of hydrogen-bond acceptors (Lipinski definition) is 2. The topological polar surface area (TPSA) is 70.7 Å². The third-order valence-electron chi connectivity index (χ3n) is 3.65. The van der Waals surface area contributed by atoms with E-state index in [0.717, 1.165) is 0 Å². The number of rotatable bonds is 1. The van der Waals surface area contributed by atoms with Gasteiger partial charge < -0.3 is 4.98 Å². The first-order chi connectivity index (χ1) is 10.6. The number of benzene rings is 2. The van der Waals surface area contributed by atoms with E-state index in [2.05, 4.69) is 10.1 Å². The smallest absolute Gasteiger partial charge is 0.280 e. The Morgan fingerprint density at radius 3 is 2.45 bits per heavy atom. The van der Waals surface area contributed by atoms with Gasteiger partial charge in [-0.25, -0.2) is 4.68 Å². The van der Waals surface area contributed by atoms with E-state index in [9.17, 15) is 9.59 Å². The number of aromatic amines is 2. The predicted molar refractivity (Wildman–Crippen MR) is 87.0 cm³/mol. The van der Waals surface area contributed by atoms with Crippen LogP contribution in [-0.4, -0.2) is 14.8 Å². The highest BCUT2D eigenvalue weighted by molar-refractivity contribution is 6.30. The van der Waals surface area contributed by atoms with Gasteiger partial charge in [0.15, 0.2) is 0 Å². The van der Waals surface area contributed by atoms with Crippen LogP contribution in [0.1, 0.15) is 0 Å². The number of pyridine rings is 1. The first-order valence-electron chi connectivity index (χ1n) is 6.67. The summed E-state index contributed by atoms with van der Waals surface area (Å²) in [5, 5.41) is 4.55. The molecule has 0 unspecified atom stereocenters. The van der Waals surface area contributed by atoms with Crippen molar-refractivity contribution in [3.05, 3.63) is 74.3 Å². The zero-order valence-electron chi connectivity index (χ0n) is 11.3. The lowest BCUT2D eigenvalue weighted by molar-refractivity contribution is 0.862. The Hall–Kier alpha value is -2.79. The minimum absolute atomic E-state index is 0.263. The lowest BCUT2D eigenvalue weighted by Crippen LogP contribution is -2.14. The van der Waals surface area contributed by atoms with Crippen molar-refractivity contribution in [1.29, 1.82) is 0 Å². The molecule has 0 bridgehead atoms. The maximum Gasteiger partial charge on any atom is 0.280 e. The maximum absolute atomic E-state index is 12.7. The van der Waals surface area contributed by atoms with E-state index >= 15 is 0 Å². The van der Waals surface area contributed by atoms with Gasteiger partial charge in [-0.05, 0) is 30.3 Å². The van der Waals surface area contributed by atoms with E-state index < -0.39 is 0 Å². The van der Waals surface area contributed by atoms with Crippen LogP contribution in [0.2, 0.25) is 5.02 Å². The van der Waals surface area contributed by atoms with Crippen LogP contribution in [0.4, 0.5) is 0 Å². The van der Waals surface area contributed by atoms with Gasteiger partial charge in [-0.15, -0.1) is 0 Å². The van der Waals surface area contributed by atoms with Crippen LogP contribution in [-0.2, 0) is 0 Å². The van der Waals surface area contributed by atoms with Gasteiger partial charge >= 0.3 is 0 Å². The molecule has 2 aromatic heterocycles. The molecule has 0 spiro atoms. The number of hydrogen-bond donors (Lipinski definition) is 2. The highest BCUT2D eigenvalue weighted by Crippen LogP contribution is 2.18. The van der Waals surface area contributed by atoms with Crippen LogP contribution >= 0.6 is 11.6 Å². The molecule has 0 aliphatic heterocycles. The van der Waals surface area contributed by atoms with Crippen LogP contribution < -0.4 is 11.1 Å². The van der Waals surface area contributed by atoms with Gasteiger partial charge in [0.05, 0.1) is 11.1 Å². The molecule has 4 rings (SSSR count). The van der Waals surface area contributed by atoms with Crippen molar-refractivity contribution >= 4 is 33.4 Å². The lowest BCUT2D eigenvalue weighted by Gasteiger charge is -2.00. The average molecular weight is 312 g/mol. The fourth-order valence-corrected chi connectivity index (χ4v) is 2.74. The summed E-state index contributed by atoms with van der Waals surface area (Å²) < 4.78 is 1.35. The van der Waals surface area contributed by atoms with Crippen LogP contribution in [0.5, 0.6) is 0 Å². The van der Waals surface area contributed by atoms with E-state index in [1.165, 1.54) is 4.68 Å². The highest BCUT2D eigenvalue weighted by Gasteiger charge is 2.14. The normalized spacial score (nSPS) is 11.3. The minimum Gasteiger partial charge on any atom is -0.320 e. The fourth-order valence-electron chi connectivity index (χ4n) is 2.62. The molecule has 0 radical (unpaired) electrons. The summed E-state index contributed by atoms with van der Waals surface area (Å²) in [6.07, 6.45) is 0. The van der Waals surface area contributed by atoms with Crippen LogP contribution in [0.25, 0.3) is 27.5 Å². The van der Waals surface area contributed by atoms with E-state index in [1.807, 2.05) is 18.2 Å². The standard InChI is InChI=1S/C16H10ClN3O2/c17-9-5-7-10(8-6-9)20-16(22)13-11-3-1-2-4-12(11)18-15(21)14(13)19-20/h1-8,19H,(H,18,21). The third kappa shape index (κ3) is 1.79. The van der Waals surface area contributed by atoms with Crippen LogP contribution in [0, 0.1) is 0 Å². The molecule has 2 heterocycles. The first kappa shape index (κ1) is 12.9. The molecular formula is C16H10ClN3O2. The van der Waals surface area contributed by atoms with Crippen molar-refractivity contribution in [2.45, 2.75) is 0 Å². The fraction of sp³-hybridized carbons (Fsp3) is 0. The molecule has 0 amide bonds. The second kappa shape index (κ2) is 4.61. The summed E-state index contributed by atoms with van der Waals surface area (Å²) in [4.78, 5) is 27.7. The second-order valence-corrected chi connectivity index (χ2v) is 5.41. The van der Waals surface area contributed by atoms with Crippen molar-refractivity contribution in [2.24, 2.45) is 0 Å². The highest BCUT2D eigenvalue weighted by atomic mass is 35.5. The number of para-hydroxylation sites is 1. The molecule has 0 fully saturated rings. The molecule has 0 aliphatic rings. The molecule has 6 heteroatoms. The SMILES string of the molecule is O=c1[nH]c2ccccc2c2c(=O)n(-c3ccc(Cl)cc3)[nH]c12. The van der Waals surface area contributed by atoms with Gasteiger partial charge in [-0.3, -0.25) is 14.7 Å². The lowest BCUT2D eigenvalue weighted by atomic mass is 10.1. The molecule has 2 N–H and O–H groups in total. The minimum atomic E-state index is -0.321. The van der Waals surface area contributed by atoms with Crippen LogP contribution in [0.15, 0.2) is 58.1 Å². The molecule has 22 heavy (non-hydrogen) atoms. The molecule has 0 aliphatic carbocycles. The summed E-state index contributed by atoms with van der Waals surface area (Å²) in [5.74, 6) is 0. The summed E-state index contributed by atoms with van der Waals surface area (Å²) in [6, 6.07) is 14.1. The van der Waals surface area contributed by atoms with Crippen molar-refractivity contribution in [1.82, 2.24) is 14.8 Å². The number of halogens is 1. The van der Waals surface area contributed by atoms with Crippen molar-refractivity contribution in [3.8, 4) is 5.69 Å². The van der Waals surface area contributed by atoms with E-state index in [1.54, 1.807) is 30.3 Å². The predicted octanol–water partition coefficient (Wildman–Crippen LogP) is 2.81. The zero-order chi connectivity index (χ0) is 15.3. The third-order valence-corrected chi connectivity index (χ3v) is 3.90. The van der Waals surface area contributed by atoms with Gasteiger partial charge in [0.25, 0.3) is 11.1 Å². The average Bonchev–Trinajstić information content (AvgIpc) is 2.87. The van der Waals surface area contributed by atoms with Crippen molar-refractivity contribution < 1.29 is 0 Å². The van der Waals surface area contributed by atoms with Gasteiger partial charge in [-0.2, -0.15) is 0 Å². The number of nitrogens with one attached hydrogen (secondary N) is 2. The van der Waals surface area contributed by atoms with Crippen LogP contribution in [0.3, 0.4) is 0 Å². The Kier molecular flexibility index (Phi) is 2.71. The summed E-state index contributed by atoms with van der Waals surface area (Å²) in [7, 11) is 0. The van der Waals surface area contributed by atoms with E-state index in [4.69, 9.17) is 11.6 Å². The Balaban J connectivity index is 2.15. The van der Waals surface area contributed by atoms with Crippen molar-refractivity contribution in [3.63, 3.8) is 0 Å². The molecule has 2 aromatic carbocycles. The molecular weight excluding hydrogens is 302 g/mol. The number of nitrogens with zero attached hydrogens (tertiary/aromatic N) is 1. The second-order valence-electron chi connectivity index (χ2n) is 4.98. The van der Waals surface area contributed by atoms with Crippen molar-refractivity contribution in [2.75, 3.05) is 0 Å². The molecule has 108 valence electrons. The monoisotopic (exact) mass is 311 g/mol. The Morgan fingerprint density at radius 1 is 0.955 bits per heavy atom. The largest absolute Gasteiger partial charge is 0.320 e. The molecule has 5 nitrogen and oxygen atoms in total.